The number of aliphatic hydroxyl groups excluding tert-OH is 2. The fourth-order valence-corrected chi connectivity index (χ4v) is 5.32. The number of fused-ring (bicyclic) bond motifs is 1. The summed E-state index contributed by atoms with van der Waals surface area (Å²) in [5.74, 6) is -1.57. The van der Waals surface area contributed by atoms with Crippen LogP contribution < -0.4 is 0 Å². The molecule has 0 aromatic carbocycles. The Morgan fingerprint density at radius 1 is 1.26 bits per heavy atom. The van der Waals surface area contributed by atoms with Crippen LogP contribution in [-0.4, -0.2) is 46.6 Å². The Morgan fingerprint density at radius 2 is 1.93 bits per heavy atom. The maximum atomic E-state index is 12.7. The predicted molar refractivity (Wildman–Crippen MR) is 92.9 cm³/mol. The molecule has 3 aliphatic carbocycles. The number of halogens is 3. The number of rotatable bonds is 5. The van der Waals surface area contributed by atoms with Gasteiger partial charge in [-0.1, -0.05) is 38.3 Å². The van der Waals surface area contributed by atoms with E-state index in [2.05, 4.69) is 0 Å². The Hall–Kier alpha value is -0.920. The third-order valence-corrected chi connectivity index (χ3v) is 6.73. The van der Waals surface area contributed by atoms with E-state index in [-0.39, 0.29) is 24.5 Å². The van der Waals surface area contributed by atoms with Gasteiger partial charge in [0.25, 0.3) is 0 Å². The van der Waals surface area contributed by atoms with Gasteiger partial charge in [0.05, 0.1) is 12.2 Å². The Morgan fingerprint density at radius 3 is 2.56 bits per heavy atom. The Kier molecular flexibility index (Phi) is 6.04. The van der Waals surface area contributed by atoms with Crippen molar-refractivity contribution in [2.45, 2.75) is 75.9 Å². The zero-order valence-corrected chi connectivity index (χ0v) is 15.6. The van der Waals surface area contributed by atoms with E-state index >= 15 is 0 Å². The molecular formula is C20H29F3O4. The monoisotopic (exact) mass is 390 g/mol. The largest absolute Gasteiger partial charge is 0.411 e. The first-order valence-corrected chi connectivity index (χ1v) is 9.95. The maximum Gasteiger partial charge on any atom is 0.411 e. The molecule has 3 aliphatic rings. The fourth-order valence-electron chi connectivity index (χ4n) is 5.32. The van der Waals surface area contributed by atoms with Crippen LogP contribution in [0.15, 0.2) is 12.2 Å². The van der Waals surface area contributed by atoms with Gasteiger partial charge in [-0.15, -0.1) is 0 Å². The molecule has 0 bridgehead atoms. The molecule has 6 atom stereocenters. The molecule has 3 saturated carbocycles. The zero-order chi connectivity index (χ0) is 19.8. The number of Topliss-reactive ketones (excluding diaryl/α,β-unsaturated/α-hetero) is 1. The van der Waals surface area contributed by atoms with Gasteiger partial charge in [0.1, 0.15) is 12.2 Å². The van der Waals surface area contributed by atoms with E-state index in [4.69, 9.17) is 4.74 Å². The lowest BCUT2D eigenvalue weighted by molar-refractivity contribution is -0.252. The second-order valence-corrected chi connectivity index (χ2v) is 8.43. The van der Waals surface area contributed by atoms with Crippen molar-refractivity contribution in [3.63, 3.8) is 0 Å². The first-order valence-electron chi connectivity index (χ1n) is 9.95. The molecule has 0 aromatic rings. The first kappa shape index (κ1) is 20.8. The molecule has 0 spiro atoms. The summed E-state index contributed by atoms with van der Waals surface area (Å²) in [6.45, 7) is 0.220. The summed E-state index contributed by atoms with van der Waals surface area (Å²) in [6, 6.07) is 0. The summed E-state index contributed by atoms with van der Waals surface area (Å²) >= 11 is 0. The molecule has 3 rings (SSSR count). The topological polar surface area (TPSA) is 66.8 Å². The van der Waals surface area contributed by atoms with Crippen LogP contribution >= 0.6 is 0 Å². The first-order chi connectivity index (χ1) is 12.7. The van der Waals surface area contributed by atoms with Crippen molar-refractivity contribution in [3.05, 3.63) is 12.2 Å². The van der Waals surface area contributed by atoms with Crippen molar-refractivity contribution in [2.75, 3.05) is 6.61 Å². The third kappa shape index (κ3) is 4.10. The number of ether oxygens (including phenoxy) is 1. The van der Waals surface area contributed by atoms with E-state index in [0.29, 0.717) is 0 Å². The van der Waals surface area contributed by atoms with E-state index < -0.39 is 48.3 Å². The molecule has 0 amide bonds. The van der Waals surface area contributed by atoms with Gasteiger partial charge in [-0.3, -0.25) is 4.79 Å². The second kappa shape index (κ2) is 7.84. The zero-order valence-electron chi connectivity index (χ0n) is 15.6. The second-order valence-electron chi connectivity index (χ2n) is 8.43. The van der Waals surface area contributed by atoms with E-state index in [9.17, 15) is 28.2 Å². The molecule has 154 valence electrons. The Labute approximate surface area is 157 Å². The number of aliphatic hydroxyl groups is 2. The van der Waals surface area contributed by atoms with Gasteiger partial charge >= 0.3 is 6.18 Å². The van der Waals surface area contributed by atoms with Gasteiger partial charge < -0.3 is 14.9 Å². The average Bonchev–Trinajstić information content (AvgIpc) is 2.64. The summed E-state index contributed by atoms with van der Waals surface area (Å²) in [6.07, 6.45) is 3.07. The highest BCUT2D eigenvalue weighted by atomic mass is 19.4. The number of ketones is 1. The predicted octanol–water partition coefficient (Wildman–Crippen LogP) is 3.41. The third-order valence-electron chi connectivity index (χ3n) is 6.73. The minimum absolute atomic E-state index is 0.105. The van der Waals surface area contributed by atoms with Gasteiger partial charge in [0.15, 0.2) is 5.78 Å². The van der Waals surface area contributed by atoms with E-state index in [0.717, 1.165) is 25.7 Å². The van der Waals surface area contributed by atoms with Crippen LogP contribution in [0.5, 0.6) is 0 Å². The molecule has 2 N–H and O–H groups in total. The summed E-state index contributed by atoms with van der Waals surface area (Å²) in [5.41, 5.74) is -1.46. The highest BCUT2D eigenvalue weighted by Crippen LogP contribution is 2.55. The van der Waals surface area contributed by atoms with Crippen LogP contribution in [0.4, 0.5) is 13.2 Å². The minimum atomic E-state index is -4.50. The number of hydrogen-bond donors (Lipinski definition) is 2. The summed E-state index contributed by atoms with van der Waals surface area (Å²) in [5, 5.41) is 20.9. The highest BCUT2D eigenvalue weighted by Gasteiger charge is 2.66. The quantitative estimate of drug-likeness (QED) is 0.706. The minimum Gasteiger partial charge on any atom is -0.393 e. The van der Waals surface area contributed by atoms with E-state index in [1.54, 1.807) is 19.1 Å². The van der Waals surface area contributed by atoms with Crippen molar-refractivity contribution in [3.8, 4) is 0 Å². The van der Waals surface area contributed by atoms with Crippen LogP contribution in [0.25, 0.3) is 0 Å². The van der Waals surface area contributed by atoms with Crippen molar-refractivity contribution in [1.82, 2.24) is 0 Å². The Bertz CT molecular complexity index is 570. The van der Waals surface area contributed by atoms with E-state index in [1.165, 1.54) is 6.42 Å². The summed E-state index contributed by atoms with van der Waals surface area (Å²) in [4.78, 5) is 12.4. The van der Waals surface area contributed by atoms with Crippen LogP contribution in [0.3, 0.4) is 0 Å². The average molecular weight is 390 g/mol. The molecule has 7 heteroatoms. The van der Waals surface area contributed by atoms with Crippen molar-refractivity contribution >= 4 is 5.78 Å². The molecule has 0 saturated heterocycles. The SMILES string of the molecule is CC1C(=O)[C@@]2(OCC(F)(F)F)CC[C@@H](O)[C@H](C=C[C@@H](O)C3CCCCC3)[C@@H]12. The van der Waals surface area contributed by atoms with Gasteiger partial charge in [-0.2, -0.15) is 13.2 Å². The van der Waals surface area contributed by atoms with Crippen molar-refractivity contribution in [1.29, 1.82) is 0 Å². The van der Waals surface area contributed by atoms with Gasteiger partial charge in [0, 0.05) is 17.8 Å². The van der Waals surface area contributed by atoms with Crippen LogP contribution in [0, 0.1) is 23.7 Å². The highest BCUT2D eigenvalue weighted by molar-refractivity contribution is 5.96. The van der Waals surface area contributed by atoms with Crippen LogP contribution in [-0.2, 0) is 9.53 Å². The smallest absolute Gasteiger partial charge is 0.393 e. The number of hydrogen-bond acceptors (Lipinski definition) is 4. The number of carbonyl (C=O) groups excluding carboxylic acids is 1. The Balaban J connectivity index is 1.73. The molecule has 3 fully saturated rings. The number of alkyl halides is 3. The molecule has 4 nitrogen and oxygen atoms in total. The van der Waals surface area contributed by atoms with Crippen LogP contribution in [0.1, 0.15) is 51.9 Å². The normalized spacial score (nSPS) is 39.3. The molecule has 1 unspecified atom stereocenters. The molecule has 0 aliphatic heterocycles. The lowest BCUT2D eigenvalue weighted by atomic mass is 9.50. The maximum absolute atomic E-state index is 12.7. The lowest BCUT2D eigenvalue weighted by Crippen LogP contribution is -2.70. The lowest BCUT2D eigenvalue weighted by Gasteiger charge is -2.58. The van der Waals surface area contributed by atoms with Crippen molar-refractivity contribution in [2.24, 2.45) is 23.7 Å². The van der Waals surface area contributed by atoms with E-state index in [1.807, 2.05) is 0 Å². The molecule has 27 heavy (non-hydrogen) atoms. The molecule has 0 heterocycles. The van der Waals surface area contributed by atoms with Gasteiger partial charge in [-0.05, 0) is 31.6 Å². The molecule has 0 radical (unpaired) electrons. The van der Waals surface area contributed by atoms with Crippen LogP contribution in [0.2, 0.25) is 0 Å². The number of carbonyl (C=O) groups is 1. The molecular weight excluding hydrogens is 361 g/mol. The summed E-state index contributed by atoms with van der Waals surface area (Å²) in [7, 11) is 0. The van der Waals surface area contributed by atoms with Gasteiger partial charge in [-0.25, -0.2) is 0 Å². The molecule has 0 aromatic heterocycles. The standard InChI is InChI=1S/C20H29F3O4/c1-12-17-14(7-8-15(24)13-5-3-2-4-6-13)16(25)9-10-19(17,18(12)26)27-11-20(21,22)23/h7-8,12-17,24-25H,2-6,9-11H2,1H3/t12?,14-,15+,16+,17+,19+/m0/s1. The summed E-state index contributed by atoms with van der Waals surface area (Å²) < 4.78 is 43.1. The fraction of sp³-hybridized carbons (Fsp3) is 0.850. The van der Waals surface area contributed by atoms with Gasteiger partial charge in [0.2, 0.25) is 0 Å². The van der Waals surface area contributed by atoms with Crippen molar-refractivity contribution < 1.29 is 32.9 Å².